The average molecular weight is 417 g/mol. The van der Waals surface area contributed by atoms with Crippen molar-refractivity contribution in [2.24, 2.45) is 0 Å². The molecule has 1 aliphatic heterocycles. The number of nitrogens with zero attached hydrogens (tertiary/aromatic N) is 1. The molecule has 0 radical (unpaired) electrons. The summed E-state index contributed by atoms with van der Waals surface area (Å²) in [5.41, 5.74) is 1.03. The van der Waals surface area contributed by atoms with Gasteiger partial charge in [0.25, 0.3) is 5.91 Å². The van der Waals surface area contributed by atoms with E-state index in [1.54, 1.807) is 28.6 Å². The molecule has 29 heavy (non-hydrogen) atoms. The number of hydrogen-bond donors (Lipinski definition) is 1. The minimum absolute atomic E-state index is 0.0555. The smallest absolute Gasteiger partial charge is 0.257 e. The molecule has 1 saturated heterocycles. The van der Waals surface area contributed by atoms with E-state index in [1.165, 1.54) is 0 Å². The molecule has 1 aliphatic rings. The average Bonchev–Trinajstić information content (AvgIpc) is 2.73. The molecule has 1 fully saturated rings. The van der Waals surface area contributed by atoms with E-state index in [0.717, 1.165) is 24.8 Å². The summed E-state index contributed by atoms with van der Waals surface area (Å²) in [5.74, 6) is 0.433. The lowest BCUT2D eigenvalue weighted by molar-refractivity contribution is -0.123. The Labute approximate surface area is 172 Å². The molecule has 0 saturated carbocycles. The van der Waals surface area contributed by atoms with Crippen molar-refractivity contribution in [3.05, 3.63) is 60.2 Å². The van der Waals surface area contributed by atoms with Gasteiger partial charge in [-0.3, -0.25) is 4.79 Å². The van der Waals surface area contributed by atoms with Crippen molar-refractivity contribution < 1.29 is 17.9 Å². The summed E-state index contributed by atoms with van der Waals surface area (Å²) in [6, 6.07) is 16.0. The first-order valence-corrected chi connectivity index (χ1v) is 11.4. The molecule has 6 nitrogen and oxygen atoms in total. The van der Waals surface area contributed by atoms with Crippen LogP contribution >= 0.6 is 0 Å². The van der Waals surface area contributed by atoms with Gasteiger partial charge in [0, 0.05) is 19.1 Å². The Kier molecular flexibility index (Phi) is 7.28. The van der Waals surface area contributed by atoms with Crippen molar-refractivity contribution in [1.82, 2.24) is 9.62 Å². The summed E-state index contributed by atoms with van der Waals surface area (Å²) in [6.07, 6.45) is 3.25. The van der Waals surface area contributed by atoms with Crippen LogP contribution < -0.4 is 10.1 Å². The van der Waals surface area contributed by atoms with Gasteiger partial charge in [0.15, 0.2) is 6.61 Å². The Morgan fingerprint density at radius 3 is 2.55 bits per heavy atom. The molecule has 3 rings (SSSR count). The van der Waals surface area contributed by atoms with Crippen LogP contribution in [0, 0.1) is 6.92 Å². The highest BCUT2D eigenvalue weighted by atomic mass is 32.2. The third-order valence-electron chi connectivity index (χ3n) is 5.11. The largest absolute Gasteiger partial charge is 0.484 e. The Balaban J connectivity index is 1.53. The third-order valence-corrected chi connectivity index (χ3v) is 7.08. The van der Waals surface area contributed by atoms with E-state index in [1.807, 2.05) is 37.3 Å². The van der Waals surface area contributed by atoms with Gasteiger partial charge in [-0.05, 0) is 50.5 Å². The normalized spacial score (nSPS) is 17.6. The Morgan fingerprint density at radius 2 is 1.83 bits per heavy atom. The number of rotatable bonds is 8. The predicted octanol–water partition coefficient (Wildman–Crippen LogP) is 3.12. The summed E-state index contributed by atoms with van der Waals surface area (Å²) >= 11 is 0. The topological polar surface area (TPSA) is 75.7 Å². The molecule has 1 heterocycles. The lowest BCUT2D eigenvalue weighted by Gasteiger charge is -2.34. The molecule has 1 unspecified atom stereocenters. The molecule has 156 valence electrons. The summed E-state index contributed by atoms with van der Waals surface area (Å²) in [7, 11) is -3.53. The number of ether oxygens (including phenoxy) is 1. The van der Waals surface area contributed by atoms with E-state index in [0.29, 0.717) is 30.2 Å². The van der Waals surface area contributed by atoms with Crippen LogP contribution in [0.15, 0.2) is 59.5 Å². The van der Waals surface area contributed by atoms with E-state index in [2.05, 4.69) is 5.32 Å². The van der Waals surface area contributed by atoms with Gasteiger partial charge < -0.3 is 10.1 Å². The monoisotopic (exact) mass is 416 g/mol. The predicted molar refractivity (Wildman–Crippen MR) is 112 cm³/mol. The SMILES string of the molecule is Cc1ccc(S(=O)(=O)N2CCCCC2CCNC(=O)COc2ccccc2)cc1. The number of benzene rings is 2. The van der Waals surface area contributed by atoms with Gasteiger partial charge >= 0.3 is 0 Å². The van der Waals surface area contributed by atoms with Crippen molar-refractivity contribution in [3.8, 4) is 5.75 Å². The standard InChI is InChI=1S/C22H28N2O4S/c1-18-10-12-21(13-11-18)29(26,27)24-16-6-5-7-19(24)14-15-23-22(25)17-28-20-8-3-2-4-9-20/h2-4,8-13,19H,5-7,14-17H2,1H3,(H,23,25). The zero-order valence-corrected chi connectivity index (χ0v) is 17.5. The highest BCUT2D eigenvalue weighted by Gasteiger charge is 2.33. The van der Waals surface area contributed by atoms with Gasteiger partial charge in [0.2, 0.25) is 10.0 Å². The van der Waals surface area contributed by atoms with Crippen molar-refractivity contribution in [2.45, 2.75) is 43.5 Å². The van der Waals surface area contributed by atoms with Crippen molar-refractivity contribution in [2.75, 3.05) is 19.7 Å². The van der Waals surface area contributed by atoms with Gasteiger partial charge in [-0.25, -0.2) is 8.42 Å². The summed E-state index contributed by atoms with van der Waals surface area (Å²) in [4.78, 5) is 12.4. The van der Waals surface area contributed by atoms with Crippen LogP contribution in [0.3, 0.4) is 0 Å². The number of sulfonamides is 1. The Bertz CT molecular complexity index is 898. The van der Waals surface area contributed by atoms with E-state index in [9.17, 15) is 13.2 Å². The van der Waals surface area contributed by atoms with E-state index in [-0.39, 0.29) is 18.6 Å². The number of hydrogen-bond acceptors (Lipinski definition) is 4. The van der Waals surface area contributed by atoms with Crippen LogP contribution in [0.4, 0.5) is 0 Å². The molecule has 1 amide bonds. The second-order valence-electron chi connectivity index (χ2n) is 7.32. The van der Waals surface area contributed by atoms with Crippen LogP contribution in [0.2, 0.25) is 0 Å². The van der Waals surface area contributed by atoms with E-state index < -0.39 is 10.0 Å². The minimum Gasteiger partial charge on any atom is -0.484 e. The molecule has 2 aromatic carbocycles. The summed E-state index contributed by atoms with van der Waals surface area (Å²) in [5, 5.41) is 2.83. The molecule has 1 atom stereocenters. The van der Waals surface area contributed by atoms with Crippen LogP contribution in [0.1, 0.15) is 31.2 Å². The maximum atomic E-state index is 13.1. The van der Waals surface area contributed by atoms with Gasteiger partial charge in [0.1, 0.15) is 5.75 Å². The summed E-state index contributed by atoms with van der Waals surface area (Å²) < 4.78 is 33.2. The quantitative estimate of drug-likeness (QED) is 0.717. The number of carbonyl (C=O) groups is 1. The first-order valence-electron chi connectivity index (χ1n) is 10.00. The second-order valence-corrected chi connectivity index (χ2v) is 9.21. The van der Waals surface area contributed by atoms with Gasteiger partial charge in [-0.1, -0.05) is 42.3 Å². The number of para-hydroxylation sites is 1. The maximum absolute atomic E-state index is 13.1. The lowest BCUT2D eigenvalue weighted by atomic mass is 10.0. The highest BCUT2D eigenvalue weighted by molar-refractivity contribution is 7.89. The van der Waals surface area contributed by atoms with Crippen LogP contribution in [-0.4, -0.2) is 44.4 Å². The molecule has 2 aromatic rings. The van der Waals surface area contributed by atoms with Gasteiger partial charge in [-0.2, -0.15) is 4.31 Å². The first kappa shape index (κ1) is 21.3. The second kappa shape index (κ2) is 9.89. The zero-order valence-electron chi connectivity index (χ0n) is 16.7. The fourth-order valence-corrected chi connectivity index (χ4v) is 5.24. The number of piperidine rings is 1. The number of nitrogens with one attached hydrogen (secondary N) is 1. The Morgan fingerprint density at radius 1 is 1.10 bits per heavy atom. The highest BCUT2D eigenvalue weighted by Crippen LogP contribution is 2.27. The van der Waals surface area contributed by atoms with E-state index in [4.69, 9.17) is 4.74 Å². The lowest BCUT2D eigenvalue weighted by Crippen LogP contribution is -2.45. The molecule has 1 N–H and O–H groups in total. The molecule has 0 aromatic heterocycles. The van der Waals surface area contributed by atoms with Crippen LogP contribution in [0.5, 0.6) is 5.75 Å². The first-order chi connectivity index (χ1) is 14.0. The van der Waals surface area contributed by atoms with Crippen molar-refractivity contribution in [3.63, 3.8) is 0 Å². The maximum Gasteiger partial charge on any atom is 0.257 e. The fraction of sp³-hybridized carbons (Fsp3) is 0.409. The molecule has 0 spiro atoms. The molecule has 7 heteroatoms. The molecule has 0 bridgehead atoms. The van der Waals surface area contributed by atoms with Crippen molar-refractivity contribution in [1.29, 1.82) is 0 Å². The van der Waals surface area contributed by atoms with Crippen LogP contribution in [0.25, 0.3) is 0 Å². The fourth-order valence-electron chi connectivity index (χ4n) is 3.52. The number of carbonyl (C=O) groups excluding carboxylic acids is 1. The third kappa shape index (κ3) is 5.81. The number of amides is 1. The van der Waals surface area contributed by atoms with Crippen LogP contribution in [-0.2, 0) is 14.8 Å². The Hall–Kier alpha value is -2.38. The summed E-state index contributed by atoms with van der Waals surface area (Å²) in [6.45, 7) is 2.82. The number of aryl methyl sites for hydroxylation is 1. The molecular weight excluding hydrogens is 388 g/mol. The minimum atomic E-state index is -3.53. The van der Waals surface area contributed by atoms with Gasteiger partial charge in [-0.15, -0.1) is 0 Å². The molecular formula is C22H28N2O4S. The molecule has 0 aliphatic carbocycles. The zero-order chi connectivity index (χ0) is 20.7. The van der Waals surface area contributed by atoms with Crippen molar-refractivity contribution >= 4 is 15.9 Å². The van der Waals surface area contributed by atoms with E-state index >= 15 is 0 Å². The van der Waals surface area contributed by atoms with Gasteiger partial charge in [0.05, 0.1) is 4.90 Å².